The molecule has 140 valence electrons. The van der Waals surface area contributed by atoms with Crippen molar-refractivity contribution in [3.63, 3.8) is 0 Å². The van der Waals surface area contributed by atoms with Crippen molar-refractivity contribution in [2.75, 3.05) is 12.2 Å². The molecule has 0 aliphatic rings. The number of benzene rings is 2. The fraction of sp³-hybridized carbons (Fsp3) is 0.0556. The van der Waals surface area contributed by atoms with E-state index in [0.717, 1.165) is 16.9 Å². The normalized spacial score (nSPS) is 13.1. The third-order valence-corrected chi connectivity index (χ3v) is 7.71. The van der Waals surface area contributed by atoms with Crippen molar-refractivity contribution in [3.05, 3.63) is 69.5 Å². The van der Waals surface area contributed by atoms with Gasteiger partial charge in [-0.2, -0.15) is 0 Å². The van der Waals surface area contributed by atoms with Crippen LogP contribution < -0.4 is 10.4 Å². The third-order valence-electron chi connectivity index (χ3n) is 3.75. The predicted molar refractivity (Wildman–Crippen MR) is 111 cm³/mol. The Balaban J connectivity index is 2.05. The molecule has 27 heavy (non-hydrogen) atoms. The molecule has 1 heterocycles. The summed E-state index contributed by atoms with van der Waals surface area (Å²) in [5, 5.41) is 13.4. The Morgan fingerprint density at radius 1 is 1.15 bits per heavy atom. The summed E-state index contributed by atoms with van der Waals surface area (Å²) in [5.74, 6) is -1.13. The zero-order valence-electron chi connectivity index (χ0n) is 14.0. The second kappa shape index (κ2) is 8.05. The van der Waals surface area contributed by atoms with Crippen LogP contribution in [0.5, 0.6) is 0 Å². The van der Waals surface area contributed by atoms with Gasteiger partial charge in [0.05, 0.1) is 16.0 Å². The largest absolute Gasteiger partial charge is 0.477 e. The fourth-order valence-electron chi connectivity index (χ4n) is 2.44. The van der Waals surface area contributed by atoms with Crippen LogP contribution in [0.25, 0.3) is 10.4 Å². The molecule has 2 aromatic carbocycles. The SMILES string of the molecule is COP(=O)(Nc1cc(-c2ccc(Cl)cc2)sc1C(=O)O)c1ccccc1Cl. The van der Waals surface area contributed by atoms with E-state index in [1.165, 1.54) is 7.11 Å². The van der Waals surface area contributed by atoms with Crippen molar-refractivity contribution in [1.82, 2.24) is 0 Å². The van der Waals surface area contributed by atoms with E-state index in [9.17, 15) is 14.5 Å². The van der Waals surface area contributed by atoms with E-state index in [0.29, 0.717) is 9.90 Å². The maximum atomic E-state index is 13.3. The molecule has 0 amide bonds. The van der Waals surface area contributed by atoms with Gasteiger partial charge in [-0.25, -0.2) is 4.79 Å². The molecule has 0 radical (unpaired) electrons. The first-order chi connectivity index (χ1) is 12.8. The molecule has 0 fully saturated rings. The lowest BCUT2D eigenvalue weighted by Gasteiger charge is -2.19. The molecule has 0 aliphatic carbocycles. The number of hydrogen-bond acceptors (Lipinski definition) is 4. The van der Waals surface area contributed by atoms with Crippen LogP contribution in [0.3, 0.4) is 0 Å². The number of carboxylic acids is 1. The average molecular weight is 442 g/mol. The Morgan fingerprint density at radius 2 is 1.81 bits per heavy atom. The fourth-order valence-corrected chi connectivity index (χ4v) is 5.61. The highest BCUT2D eigenvalue weighted by molar-refractivity contribution is 7.68. The Kier molecular flexibility index (Phi) is 5.94. The minimum absolute atomic E-state index is 0.0179. The highest BCUT2D eigenvalue weighted by atomic mass is 35.5. The Morgan fingerprint density at radius 3 is 2.41 bits per heavy atom. The summed E-state index contributed by atoms with van der Waals surface area (Å²) in [7, 11) is -2.34. The number of carboxylic acid groups (broad SMARTS) is 1. The van der Waals surface area contributed by atoms with Crippen molar-refractivity contribution in [1.29, 1.82) is 0 Å². The van der Waals surface area contributed by atoms with Crippen LogP contribution in [-0.4, -0.2) is 18.2 Å². The number of nitrogens with one attached hydrogen (secondary N) is 1. The minimum atomic E-state index is -3.62. The highest BCUT2D eigenvalue weighted by Crippen LogP contribution is 2.49. The van der Waals surface area contributed by atoms with Gasteiger partial charge in [0, 0.05) is 17.0 Å². The summed E-state index contributed by atoms with van der Waals surface area (Å²) < 4.78 is 18.5. The summed E-state index contributed by atoms with van der Waals surface area (Å²) in [6.07, 6.45) is 0. The zero-order valence-corrected chi connectivity index (χ0v) is 17.2. The van der Waals surface area contributed by atoms with E-state index >= 15 is 0 Å². The number of anilines is 1. The maximum Gasteiger partial charge on any atom is 0.348 e. The predicted octanol–water partition coefficient (Wildman–Crippen LogP) is 6.00. The zero-order chi connectivity index (χ0) is 19.6. The van der Waals surface area contributed by atoms with Crippen LogP contribution >= 0.6 is 42.1 Å². The molecule has 0 aliphatic heterocycles. The van der Waals surface area contributed by atoms with Crippen molar-refractivity contribution in [2.24, 2.45) is 0 Å². The lowest BCUT2D eigenvalue weighted by molar-refractivity contribution is 0.0703. The summed E-state index contributed by atoms with van der Waals surface area (Å²) in [6, 6.07) is 15.2. The van der Waals surface area contributed by atoms with Crippen molar-refractivity contribution in [3.8, 4) is 10.4 Å². The van der Waals surface area contributed by atoms with Crippen LogP contribution in [0.15, 0.2) is 54.6 Å². The molecule has 1 unspecified atom stereocenters. The first kappa shape index (κ1) is 19.9. The molecule has 5 nitrogen and oxygen atoms in total. The maximum absolute atomic E-state index is 13.3. The lowest BCUT2D eigenvalue weighted by atomic mass is 10.2. The second-order valence-corrected chi connectivity index (χ2v) is 9.53. The average Bonchev–Trinajstić information content (AvgIpc) is 3.06. The van der Waals surface area contributed by atoms with Gasteiger partial charge in [0.1, 0.15) is 4.88 Å². The second-order valence-electron chi connectivity index (χ2n) is 5.46. The highest BCUT2D eigenvalue weighted by Gasteiger charge is 2.30. The van der Waals surface area contributed by atoms with Crippen LogP contribution in [0.1, 0.15) is 9.67 Å². The van der Waals surface area contributed by atoms with Gasteiger partial charge in [0.2, 0.25) is 0 Å². The molecule has 1 atom stereocenters. The van der Waals surface area contributed by atoms with Gasteiger partial charge in [-0.05, 0) is 35.9 Å². The van der Waals surface area contributed by atoms with E-state index in [1.807, 2.05) is 0 Å². The first-order valence-electron chi connectivity index (χ1n) is 7.66. The van der Waals surface area contributed by atoms with Crippen molar-refractivity contribution >= 4 is 59.0 Å². The molecule has 0 spiro atoms. The smallest absolute Gasteiger partial charge is 0.348 e. The number of thiophene rings is 1. The van der Waals surface area contributed by atoms with Gasteiger partial charge in [-0.1, -0.05) is 47.5 Å². The van der Waals surface area contributed by atoms with Crippen molar-refractivity contribution < 1.29 is 19.0 Å². The monoisotopic (exact) mass is 441 g/mol. The molecule has 0 bridgehead atoms. The van der Waals surface area contributed by atoms with E-state index < -0.39 is 13.5 Å². The number of halogens is 2. The summed E-state index contributed by atoms with van der Waals surface area (Å²) in [6.45, 7) is 0. The van der Waals surface area contributed by atoms with E-state index in [1.54, 1.807) is 54.6 Å². The van der Waals surface area contributed by atoms with Crippen molar-refractivity contribution in [2.45, 2.75) is 0 Å². The van der Waals surface area contributed by atoms with E-state index in [4.69, 9.17) is 27.7 Å². The summed E-state index contributed by atoms with van der Waals surface area (Å²) >= 11 is 13.1. The standard InChI is InChI=1S/C18H14Cl2NO4PS/c1-25-26(24,15-5-3-2-4-13(15)20)21-14-10-16(27-17(14)18(22)23)11-6-8-12(19)9-7-11/h2-10H,1H3,(H,21,24)(H,22,23). The Hall–Kier alpha value is -1.82. The third kappa shape index (κ3) is 4.21. The summed E-state index contributed by atoms with van der Waals surface area (Å²) in [5.41, 5.74) is 0.993. The Labute approximate surface area is 170 Å². The minimum Gasteiger partial charge on any atom is -0.477 e. The van der Waals surface area contributed by atoms with E-state index in [-0.39, 0.29) is 20.9 Å². The van der Waals surface area contributed by atoms with Gasteiger partial charge < -0.3 is 14.7 Å². The Bertz CT molecular complexity index is 1040. The van der Waals surface area contributed by atoms with Crippen LogP contribution in [0, 0.1) is 0 Å². The van der Waals surface area contributed by atoms with Crippen LogP contribution in [-0.2, 0) is 9.09 Å². The lowest BCUT2D eigenvalue weighted by Crippen LogP contribution is -2.15. The van der Waals surface area contributed by atoms with Gasteiger partial charge in [0.25, 0.3) is 0 Å². The molecule has 3 aromatic rings. The summed E-state index contributed by atoms with van der Waals surface area (Å²) in [4.78, 5) is 12.4. The molecule has 0 saturated carbocycles. The molecule has 2 N–H and O–H groups in total. The van der Waals surface area contributed by atoms with Crippen LogP contribution in [0.4, 0.5) is 5.69 Å². The van der Waals surface area contributed by atoms with E-state index in [2.05, 4.69) is 5.09 Å². The van der Waals surface area contributed by atoms with Gasteiger partial charge >= 0.3 is 13.5 Å². The molecule has 1 aromatic heterocycles. The molecule has 0 saturated heterocycles. The topological polar surface area (TPSA) is 75.6 Å². The number of carbonyl (C=O) groups is 1. The molecular weight excluding hydrogens is 428 g/mol. The van der Waals surface area contributed by atoms with Crippen LogP contribution in [0.2, 0.25) is 10.0 Å². The van der Waals surface area contributed by atoms with Gasteiger partial charge in [-0.3, -0.25) is 4.57 Å². The molecular formula is C18H14Cl2NO4PS. The number of aromatic carboxylic acids is 1. The number of rotatable bonds is 6. The van der Waals surface area contributed by atoms with Gasteiger partial charge in [-0.15, -0.1) is 11.3 Å². The first-order valence-corrected chi connectivity index (χ1v) is 10.9. The quantitative estimate of drug-likeness (QED) is 0.459. The molecule has 3 rings (SSSR count). The number of hydrogen-bond donors (Lipinski definition) is 2. The molecule has 9 heteroatoms. The van der Waals surface area contributed by atoms with Gasteiger partial charge in [0.15, 0.2) is 0 Å².